The maximum absolute atomic E-state index is 5.72. The number of anilines is 1. The SMILES string of the molecule is COc1ccc(N)cc1-c1cncnc1. The van der Waals surface area contributed by atoms with E-state index >= 15 is 0 Å². The molecule has 2 aromatic rings. The number of ether oxygens (including phenoxy) is 1. The van der Waals surface area contributed by atoms with Gasteiger partial charge < -0.3 is 10.5 Å². The highest BCUT2D eigenvalue weighted by Gasteiger charge is 2.06. The van der Waals surface area contributed by atoms with Crippen LogP contribution in [0.4, 0.5) is 5.69 Å². The summed E-state index contributed by atoms with van der Waals surface area (Å²) in [5, 5.41) is 0. The second kappa shape index (κ2) is 3.96. The summed E-state index contributed by atoms with van der Waals surface area (Å²) in [7, 11) is 1.62. The highest BCUT2D eigenvalue weighted by molar-refractivity contribution is 5.72. The van der Waals surface area contributed by atoms with Crippen molar-refractivity contribution in [1.82, 2.24) is 9.97 Å². The van der Waals surface area contributed by atoms with Crippen LogP contribution in [-0.4, -0.2) is 17.1 Å². The number of hydrogen-bond donors (Lipinski definition) is 1. The first-order chi connectivity index (χ1) is 7.31. The Bertz CT molecular complexity index is 457. The quantitative estimate of drug-likeness (QED) is 0.752. The van der Waals surface area contributed by atoms with Crippen LogP contribution in [-0.2, 0) is 0 Å². The molecule has 0 saturated carbocycles. The molecule has 0 atom stereocenters. The predicted molar refractivity (Wildman–Crippen MR) is 58.4 cm³/mol. The lowest BCUT2D eigenvalue weighted by Crippen LogP contribution is -1.92. The summed E-state index contributed by atoms with van der Waals surface area (Å²) < 4.78 is 5.24. The van der Waals surface area contributed by atoms with Crippen molar-refractivity contribution in [1.29, 1.82) is 0 Å². The number of nitrogen functional groups attached to an aromatic ring is 1. The normalized spacial score (nSPS) is 9.93. The first kappa shape index (κ1) is 9.45. The van der Waals surface area contributed by atoms with E-state index in [0.29, 0.717) is 5.69 Å². The molecule has 1 aromatic carbocycles. The fourth-order valence-corrected chi connectivity index (χ4v) is 1.39. The van der Waals surface area contributed by atoms with Crippen molar-refractivity contribution in [2.75, 3.05) is 12.8 Å². The van der Waals surface area contributed by atoms with E-state index in [1.165, 1.54) is 6.33 Å². The first-order valence-corrected chi connectivity index (χ1v) is 4.50. The van der Waals surface area contributed by atoms with Crippen molar-refractivity contribution in [2.24, 2.45) is 0 Å². The van der Waals surface area contributed by atoms with Gasteiger partial charge in [-0.3, -0.25) is 0 Å². The van der Waals surface area contributed by atoms with Gasteiger partial charge in [0.25, 0.3) is 0 Å². The van der Waals surface area contributed by atoms with E-state index in [9.17, 15) is 0 Å². The van der Waals surface area contributed by atoms with Gasteiger partial charge in [-0.1, -0.05) is 0 Å². The Morgan fingerprint density at radius 1 is 1.20 bits per heavy atom. The van der Waals surface area contributed by atoms with Crippen LogP contribution in [0.5, 0.6) is 5.75 Å². The van der Waals surface area contributed by atoms with Crippen LogP contribution in [0, 0.1) is 0 Å². The van der Waals surface area contributed by atoms with Crippen molar-refractivity contribution in [3.63, 3.8) is 0 Å². The Hall–Kier alpha value is -2.10. The molecule has 4 heteroatoms. The van der Waals surface area contributed by atoms with E-state index < -0.39 is 0 Å². The molecule has 0 aliphatic heterocycles. The van der Waals surface area contributed by atoms with Crippen molar-refractivity contribution in [3.8, 4) is 16.9 Å². The number of nitrogens with two attached hydrogens (primary N) is 1. The summed E-state index contributed by atoms with van der Waals surface area (Å²) in [5.41, 5.74) is 8.20. The first-order valence-electron chi connectivity index (χ1n) is 4.50. The van der Waals surface area contributed by atoms with Gasteiger partial charge >= 0.3 is 0 Å². The molecule has 1 aromatic heterocycles. The third-order valence-electron chi connectivity index (χ3n) is 2.10. The lowest BCUT2D eigenvalue weighted by atomic mass is 10.1. The minimum Gasteiger partial charge on any atom is -0.496 e. The fourth-order valence-electron chi connectivity index (χ4n) is 1.39. The Morgan fingerprint density at radius 2 is 1.93 bits per heavy atom. The number of benzene rings is 1. The maximum Gasteiger partial charge on any atom is 0.126 e. The lowest BCUT2D eigenvalue weighted by Gasteiger charge is -2.08. The van der Waals surface area contributed by atoms with Gasteiger partial charge in [0.1, 0.15) is 12.1 Å². The third-order valence-corrected chi connectivity index (χ3v) is 2.10. The van der Waals surface area contributed by atoms with Gasteiger partial charge in [-0.25, -0.2) is 9.97 Å². The molecular weight excluding hydrogens is 190 g/mol. The molecule has 0 fully saturated rings. The molecule has 2 rings (SSSR count). The third kappa shape index (κ3) is 1.88. The van der Waals surface area contributed by atoms with Crippen LogP contribution in [0.15, 0.2) is 36.9 Å². The Balaban J connectivity index is 2.56. The van der Waals surface area contributed by atoms with Crippen LogP contribution in [0.1, 0.15) is 0 Å². The Morgan fingerprint density at radius 3 is 2.60 bits per heavy atom. The van der Waals surface area contributed by atoms with Gasteiger partial charge in [0, 0.05) is 29.2 Å². The van der Waals surface area contributed by atoms with Crippen LogP contribution in [0.2, 0.25) is 0 Å². The summed E-state index contributed by atoms with van der Waals surface area (Å²) in [6.45, 7) is 0. The van der Waals surface area contributed by atoms with E-state index in [1.54, 1.807) is 25.6 Å². The van der Waals surface area contributed by atoms with E-state index in [-0.39, 0.29) is 0 Å². The number of nitrogens with zero attached hydrogens (tertiary/aromatic N) is 2. The van der Waals surface area contributed by atoms with E-state index in [4.69, 9.17) is 10.5 Å². The smallest absolute Gasteiger partial charge is 0.126 e. The molecule has 0 unspecified atom stereocenters. The zero-order valence-corrected chi connectivity index (χ0v) is 8.34. The molecule has 0 bridgehead atoms. The molecule has 0 radical (unpaired) electrons. The zero-order chi connectivity index (χ0) is 10.7. The molecular formula is C11H11N3O. The highest BCUT2D eigenvalue weighted by Crippen LogP contribution is 2.30. The highest BCUT2D eigenvalue weighted by atomic mass is 16.5. The monoisotopic (exact) mass is 201 g/mol. The lowest BCUT2D eigenvalue weighted by molar-refractivity contribution is 0.416. The summed E-state index contributed by atoms with van der Waals surface area (Å²) in [5.74, 6) is 0.763. The Labute approximate surface area is 87.7 Å². The standard InChI is InChI=1S/C11H11N3O/c1-15-11-3-2-9(12)4-10(11)8-5-13-7-14-6-8/h2-7H,12H2,1H3. The number of aromatic nitrogens is 2. The summed E-state index contributed by atoms with van der Waals surface area (Å²) in [4.78, 5) is 7.92. The molecule has 2 N–H and O–H groups in total. The van der Waals surface area contributed by atoms with E-state index in [1.807, 2.05) is 12.1 Å². The summed E-state index contributed by atoms with van der Waals surface area (Å²) in [6.07, 6.45) is 4.94. The van der Waals surface area contributed by atoms with Gasteiger partial charge in [-0.15, -0.1) is 0 Å². The second-order valence-electron chi connectivity index (χ2n) is 3.09. The predicted octanol–water partition coefficient (Wildman–Crippen LogP) is 1.73. The van der Waals surface area contributed by atoms with Gasteiger partial charge in [0.2, 0.25) is 0 Å². The summed E-state index contributed by atoms with van der Waals surface area (Å²) in [6, 6.07) is 5.47. The van der Waals surface area contributed by atoms with E-state index in [0.717, 1.165) is 16.9 Å². The minimum atomic E-state index is 0.689. The van der Waals surface area contributed by atoms with Gasteiger partial charge in [-0.05, 0) is 18.2 Å². The molecule has 15 heavy (non-hydrogen) atoms. The van der Waals surface area contributed by atoms with Crippen molar-refractivity contribution >= 4 is 5.69 Å². The Kier molecular flexibility index (Phi) is 2.49. The number of rotatable bonds is 2. The molecule has 0 spiro atoms. The molecule has 4 nitrogen and oxygen atoms in total. The van der Waals surface area contributed by atoms with Crippen molar-refractivity contribution in [3.05, 3.63) is 36.9 Å². The minimum absolute atomic E-state index is 0.689. The molecule has 1 heterocycles. The molecule has 0 aliphatic rings. The average Bonchev–Trinajstić information content (AvgIpc) is 2.30. The molecule has 0 aliphatic carbocycles. The average molecular weight is 201 g/mol. The van der Waals surface area contributed by atoms with Crippen LogP contribution in [0.3, 0.4) is 0 Å². The maximum atomic E-state index is 5.72. The van der Waals surface area contributed by atoms with Crippen LogP contribution < -0.4 is 10.5 Å². The topological polar surface area (TPSA) is 61.0 Å². The molecule has 0 saturated heterocycles. The second-order valence-corrected chi connectivity index (χ2v) is 3.09. The number of methoxy groups -OCH3 is 1. The van der Waals surface area contributed by atoms with Crippen molar-refractivity contribution < 1.29 is 4.74 Å². The zero-order valence-electron chi connectivity index (χ0n) is 8.34. The molecule has 76 valence electrons. The number of hydrogen-bond acceptors (Lipinski definition) is 4. The van der Waals surface area contributed by atoms with Gasteiger partial charge in [-0.2, -0.15) is 0 Å². The van der Waals surface area contributed by atoms with Crippen LogP contribution in [0.25, 0.3) is 11.1 Å². The van der Waals surface area contributed by atoms with Crippen LogP contribution >= 0.6 is 0 Å². The van der Waals surface area contributed by atoms with Gasteiger partial charge in [0.05, 0.1) is 7.11 Å². The largest absolute Gasteiger partial charge is 0.496 e. The fraction of sp³-hybridized carbons (Fsp3) is 0.0909. The van der Waals surface area contributed by atoms with Crippen molar-refractivity contribution in [2.45, 2.75) is 0 Å². The van der Waals surface area contributed by atoms with E-state index in [2.05, 4.69) is 9.97 Å². The van der Waals surface area contributed by atoms with Gasteiger partial charge in [0.15, 0.2) is 0 Å². The molecule has 0 amide bonds. The summed E-state index contributed by atoms with van der Waals surface area (Å²) >= 11 is 0.